The summed E-state index contributed by atoms with van der Waals surface area (Å²) in [6.07, 6.45) is 0.0236. The van der Waals surface area contributed by atoms with E-state index in [1.54, 1.807) is 30.4 Å². The molecule has 2 amide bonds. The quantitative estimate of drug-likeness (QED) is 0.296. The lowest BCUT2D eigenvalue weighted by atomic mass is 10.0. The highest BCUT2D eigenvalue weighted by molar-refractivity contribution is 7.87. The van der Waals surface area contributed by atoms with Gasteiger partial charge in [-0.25, -0.2) is 9.78 Å². The third-order valence-corrected chi connectivity index (χ3v) is 7.16. The van der Waals surface area contributed by atoms with Gasteiger partial charge in [0, 0.05) is 5.38 Å². The zero-order chi connectivity index (χ0) is 24.7. The van der Waals surface area contributed by atoms with E-state index in [-0.39, 0.29) is 11.6 Å². The van der Waals surface area contributed by atoms with E-state index in [1.807, 2.05) is 27.6 Å². The molecular formula is C21H24N4O6S3. The van der Waals surface area contributed by atoms with Gasteiger partial charge < -0.3 is 15.4 Å². The minimum Gasteiger partial charge on any atom is -0.453 e. The van der Waals surface area contributed by atoms with Gasteiger partial charge in [-0.15, -0.1) is 22.7 Å². The summed E-state index contributed by atoms with van der Waals surface area (Å²) in [6.45, 7) is 1.77. The van der Waals surface area contributed by atoms with Crippen LogP contribution in [0.25, 0.3) is 9.88 Å². The maximum atomic E-state index is 12.9. The van der Waals surface area contributed by atoms with Gasteiger partial charge in [0.15, 0.2) is 0 Å². The van der Waals surface area contributed by atoms with Crippen molar-refractivity contribution in [1.29, 1.82) is 0 Å². The summed E-state index contributed by atoms with van der Waals surface area (Å²) in [6, 6.07) is 8.99. The number of methoxy groups -OCH3 is 1. The maximum Gasteiger partial charge on any atom is 0.407 e. The van der Waals surface area contributed by atoms with E-state index in [2.05, 4.69) is 15.4 Å². The number of nitrogens with zero attached hydrogens (tertiary/aromatic N) is 1. The fourth-order valence-electron chi connectivity index (χ4n) is 3.11. The Morgan fingerprint density at radius 3 is 2.47 bits per heavy atom. The topological polar surface area (TPSA) is 147 Å². The standard InChI is InChI=1S/C21H24N4O6S3/c1-3-15(24-21(27)31-2)19(26)22-16(17-12-33-20(23-17)18-5-4-10-32-18)11-13-6-8-14(9-7-13)25-34(28,29)30/h4-10,12,15-16,25H,3,11H2,1-2H3,(H,22,26)(H,24,27)(H,28,29,30)/t15-,16-/m0/s1. The number of carbonyl (C=O) groups is 2. The molecule has 34 heavy (non-hydrogen) atoms. The van der Waals surface area contributed by atoms with E-state index in [9.17, 15) is 18.0 Å². The molecule has 2 aromatic heterocycles. The fourth-order valence-corrected chi connectivity index (χ4v) is 5.23. The summed E-state index contributed by atoms with van der Waals surface area (Å²) < 4.78 is 37.6. The van der Waals surface area contributed by atoms with E-state index >= 15 is 0 Å². The Bertz CT molecular complexity index is 1210. The normalized spacial score (nSPS) is 13.0. The molecule has 3 rings (SSSR count). The molecule has 0 radical (unpaired) electrons. The number of thiazole rings is 1. The smallest absolute Gasteiger partial charge is 0.407 e. The summed E-state index contributed by atoms with van der Waals surface area (Å²) in [7, 11) is -3.15. The van der Waals surface area contributed by atoms with Gasteiger partial charge in [0.05, 0.1) is 29.4 Å². The molecule has 0 spiro atoms. The number of anilines is 1. The highest BCUT2D eigenvalue weighted by Crippen LogP contribution is 2.31. The first kappa shape index (κ1) is 25.6. The Kier molecular flexibility index (Phi) is 8.61. The molecule has 0 aliphatic heterocycles. The van der Waals surface area contributed by atoms with Gasteiger partial charge >= 0.3 is 16.4 Å². The lowest BCUT2D eigenvalue weighted by Gasteiger charge is -2.22. The summed E-state index contributed by atoms with van der Waals surface area (Å²) in [5.74, 6) is -0.381. The van der Waals surface area contributed by atoms with Crippen LogP contribution < -0.4 is 15.4 Å². The molecular weight excluding hydrogens is 500 g/mol. The Hall–Kier alpha value is -3.00. The van der Waals surface area contributed by atoms with E-state index in [1.165, 1.54) is 30.6 Å². The van der Waals surface area contributed by atoms with Crippen molar-refractivity contribution in [2.45, 2.75) is 31.8 Å². The fraction of sp³-hybridized carbons (Fsp3) is 0.286. The molecule has 182 valence electrons. The Balaban J connectivity index is 1.83. The van der Waals surface area contributed by atoms with Gasteiger partial charge in [-0.3, -0.25) is 14.1 Å². The van der Waals surface area contributed by atoms with Crippen LogP contribution in [0.2, 0.25) is 0 Å². The van der Waals surface area contributed by atoms with Crippen molar-refractivity contribution in [2.75, 3.05) is 11.8 Å². The Morgan fingerprint density at radius 2 is 1.88 bits per heavy atom. The van der Waals surface area contributed by atoms with Gasteiger partial charge in [0.2, 0.25) is 5.91 Å². The van der Waals surface area contributed by atoms with Crippen LogP contribution >= 0.6 is 22.7 Å². The van der Waals surface area contributed by atoms with Crippen molar-refractivity contribution >= 4 is 50.7 Å². The van der Waals surface area contributed by atoms with Crippen molar-refractivity contribution < 1.29 is 27.3 Å². The summed E-state index contributed by atoms with van der Waals surface area (Å²) in [5, 5.41) is 10.1. The van der Waals surface area contributed by atoms with Crippen LogP contribution in [0.1, 0.15) is 30.6 Å². The number of alkyl carbamates (subject to hydrolysis) is 1. The van der Waals surface area contributed by atoms with Crippen molar-refractivity contribution in [1.82, 2.24) is 15.6 Å². The number of carbonyl (C=O) groups excluding carboxylic acids is 2. The molecule has 0 saturated heterocycles. The predicted molar refractivity (Wildman–Crippen MR) is 131 cm³/mol. The summed E-state index contributed by atoms with van der Waals surface area (Å²) in [5.41, 5.74) is 1.66. The highest BCUT2D eigenvalue weighted by Gasteiger charge is 2.25. The average Bonchev–Trinajstić information content (AvgIpc) is 3.49. The molecule has 0 aliphatic rings. The van der Waals surface area contributed by atoms with Gasteiger partial charge in [0.25, 0.3) is 0 Å². The van der Waals surface area contributed by atoms with Crippen LogP contribution in [0.5, 0.6) is 0 Å². The van der Waals surface area contributed by atoms with Gasteiger partial charge in [-0.05, 0) is 42.0 Å². The average molecular weight is 525 g/mol. The lowest BCUT2D eigenvalue weighted by molar-refractivity contribution is -0.123. The number of amides is 2. The second-order valence-corrected chi connectivity index (χ2v) is 10.2. The monoisotopic (exact) mass is 524 g/mol. The van der Waals surface area contributed by atoms with Crippen LogP contribution in [0, 0.1) is 0 Å². The number of aromatic nitrogens is 1. The van der Waals surface area contributed by atoms with Crippen molar-refractivity contribution in [3.05, 3.63) is 58.4 Å². The van der Waals surface area contributed by atoms with Crippen LogP contribution in [-0.2, 0) is 26.3 Å². The Labute approximate surface area is 205 Å². The minimum atomic E-state index is -4.37. The largest absolute Gasteiger partial charge is 0.453 e. The Morgan fingerprint density at radius 1 is 1.15 bits per heavy atom. The number of thiophene rings is 1. The van der Waals surface area contributed by atoms with E-state index < -0.39 is 28.5 Å². The summed E-state index contributed by atoms with van der Waals surface area (Å²) >= 11 is 3.03. The molecule has 3 aromatic rings. The number of hydrogen-bond donors (Lipinski definition) is 4. The third-order valence-electron chi connectivity index (χ3n) is 4.77. The van der Waals surface area contributed by atoms with E-state index in [0.717, 1.165) is 15.4 Å². The molecule has 2 atom stereocenters. The van der Waals surface area contributed by atoms with Crippen LogP contribution in [0.15, 0.2) is 47.2 Å². The van der Waals surface area contributed by atoms with E-state index in [4.69, 9.17) is 9.54 Å². The summed E-state index contributed by atoms with van der Waals surface area (Å²) in [4.78, 5) is 30.3. The molecule has 4 N–H and O–H groups in total. The number of ether oxygens (including phenoxy) is 1. The first-order valence-electron chi connectivity index (χ1n) is 10.2. The zero-order valence-corrected chi connectivity index (χ0v) is 20.8. The molecule has 0 bridgehead atoms. The van der Waals surface area contributed by atoms with Crippen LogP contribution in [0.4, 0.5) is 10.5 Å². The first-order chi connectivity index (χ1) is 16.2. The second-order valence-electron chi connectivity index (χ2n) is 7.19. The number of rotatable bonds is 10. The van der Waals surface area contributed by atoms with Crippen molar-refractivity contribution in [3.8, 4) is 9.88 Å². The SMILES string of the molecule is CC[C@H](NC(=O)OC)C(=O)N[C@@H](Cc1ccc(NS(=O)(=O)O)cc1)c1csc(-c2cccs2)n1. The molecule has 0 unspecified atom stereocenters. The molecule has 2 heterocycles. The van der Waals surface area contributed by atoms with Gasteiger partial charge in [-0.2, -0.15) is 8.42 Å². The second kappa shape index (κ2) is 11.4. The number of nitrogens with one attached hydrogen (secondary N) is 3. The molecule has 0 saturated carbocycles. The molecule has 10 nitrogen and oxygen atoms in total. The third kappa shape index (κ3) is 7.25. The maximum absolute atomic E-state index is 12.9. The van der Waals surface area contributed by atoms with Gasteiger partial charge in [-0.1, -0.05) is 25.1 Å². The zero-order valence-electron chi connectivity index (χ0n) is 18.3. The van der Waals surface area contributed by atoms with Gasteiger partial charge in [0.1, 0.15) is 11.0 Å². The molecule has 1 aromatic carbocycles. The van der Waals surface area contributed by atoms with Crippen LogP contribution in [-0.4, -0.2) is 43.1 Å². The number of benzene rings is 1. The molecule has 13 heteroatoms. The number of hydrogen-bond acceptors (Lipinski definition) is 8. The van der Waals surface area contributed by atoms with Crippen LogP contribution in [0.3, 0.4) is 0 Å². The van der Waals surface area contributed by atoms with Crippen molar-refractivity contribution in [3.63, 3.8) is 0 Å². The molecule has 0 aliphatic carbocycles. The predicted octanol–water partition coefficient (Wildman–Crippen LogP) is 3.62. The minimum absolute atomic E-state index is 0.203. The lowest BCUT2D eigenvalue weighted by Crippen LogP contribution is -2.47. The first-order valence-corrected chi connectivity index (χ1v) is 13.4. The van der Waals surface area contributed by atoms with E-state index in [0.29, 0.717) is 18.5 Å². The molecule has 0 fully saturated rings. The highest BCUT2D eigenvalue weighted by atomic mass is 32.2. The van der Waals surface area contributed by atoms with Crippen molar-refractivity contribution in [2.24, 2.45) is 0 Å².